The van der Waals surface area contributed by atoms with Crippen LogP contribution in [-0.4, -0.2) is 11.1 Å². The molecule has 0 radical (unpaired) electrons. The maximum Gasteiger partial charge on any atom is 0.303 e. The lowest BCUT2D eigenvalue weighted by Crippen LogP contribution is -1.92. The summed E-state index contributed by atoms with van der Waals surface area (Å²) in [5.74, 6) is -0.695. The zero-order valence-corrected chi connectivity index (χ0v) is 12.9. The van der Waals surface area contributed by atoms with E-state index in [4.69, 9.17) is 5.11 Å². The van der Waals surface area contributed by atoms with Gasteiger partial charge in [-0.1, -0.05) is 63.6 Å². The number of carbonyl (C=O) groups is 1. The van der Waals surface area contributed by atoms with Crippen LogP contribution in [0.3, 0.4) is 0 Å². The first-order valence-corrected chi connectivity index (χ1v) is 7.94. The lowest BCUT2D eigenvalue weighted by Gasteiger charge is -1.92. The highest BCUT2D eigenvalue weighted by atomic mass is 16.4. The molecular weight excluding hydrogens is 260 g/mol. The number of rotatable bonds is 13. The summed E-state index contributed by atoms with van der Waals surface area (Å²) in [7, 11) is 0. The first kappa shape index (κ1) is 22.0. The maximum atomic E-state index is 10.3. The molecule has 0 amide bonds. The van der Waals surface area contributed by atoms with Gasteiger partial charge < -0.3 is 5.11 Å². The van der Waals surface area contributed by atoms with Gasteiger partial charge in [0.25, 0.3) is 0 Å². The summed E-state index contributed by atoms with van der Waals surface area (Å²) in [6.45, 7) is 2.23. The third kappa shape index (κ3) is 21.1. The van der Waals surface area contributed by atoms with Crippen LogP contribution in [0.15, 0.2) is 36.5 Å². The first-order valence-electron chi connectivity index (χ1n) is 7.94. The van der Waals surface area contributed by atoms with Crippen molar-refractivity contribution in [3.63, 3.8) is 0 Å². The summed E-state index contributed by atoms with van der Waals surface area (Å²) in [6.07, 6.45) is 23.3. The summed E-state index contributed by atoms with van der Waals surface area (Å²) in [5, 5.41) is 8.48. The monoisotopic (exact) mass is 294 g/mol. The molecule has 0 aromatic heterocycles. The van der Waals surface area contributed by atoms with Crippen LogP contribution in [0.5, 0.6) is 0 Å². The van der Waals surface area contributed by atoms with Crippen LogP contribution in [0.2, 0.25) is 0 Å². The standard InChI is InChI=1S/C18H30O2.CH4/c1-2-3-4-5-6-7-8-9-10-11-12-13-14-15-16-17-18(19)20;/h6-7,9-10,12-13H,2-5,8,11,14-17H2,1H3,(H,19,20);1H4/b7-6-,10-9-,13-12-;. The van der Waals surface area contributed by atoms with Crippen molar-refractivity contribution < 1.29 is 9.90 Å². The number of allylic oxidation sites excluding steroid dienone is 6. The zero-order chi connectivity index (χ0) is 14.9. The van der Waals surface area contributed by atoms with Gasteiger partial charge >= 0.3 is 5.97 Å². The average molecular weight is 294 g/mol. The normalized spacial score (nSPS) is 11.5. The number of carboxylic acid groups (broad SMARTS) is 1. The van der Waals surface area contributed by atoms with Crippen LogP contribution in [0, 0.1) is 0 Å². The molecule has 0 spiro atoms. The average Bonchev–Trinajstić information content (AvgIpc) is 2.43. The highest BCUT2D eigenvalue weighted by Crippen LogP contribution is 2.02. The predicted molar refractivity (Wildman–Crippen MR) is 93.6 cm³/mol. The molecule has 0 aromatic carbocycles. The minimum atomic E-state index is -0.695. The fourth-order valence-corrected chi connectivity index (χ4v) is 1.83. The maximum absolute atomic E-state index is 10.3. The minimum absolute atomic E-state index is 0. The van der Waals surface area contributed by atoms with Crippen LogP contribution < -0.4 is 0 Å². The topological polar surface area (TPSA) is 37.3 Å². The molecule has 2 nitrogen and oxygen atoms in total. The van der Waals surface area contributed by atoms with Crippen molar-refractivity contribution in [1.29, 1.82) is 0 Å². The molecule has 122 valence electrons. The van der Waals surface area contributed by atoms with E-state index in [1.165, 1.54) is 25.7 Å². The number of aliphatic carboxylic acids is 1. The molecule has 0 saturated carbocycles. The molecule has 21 heavy (non-hydrogen) atoms. The van der Waals surface area contributed by atoms with Crippen molar-refractivity contribution in [2.45, 2.75) is 78.6 Å². The Morgan fingerprint density at radius 1 is 0.810 bits per heavy atom. The number of hydrogen-bond donors (Lipinski definition) is 1. The summed E-state index contributed by atoms with van der Waals surface area (Å²) in [5.41, 5.74) is 0. The van der Waals surface area contributed by atoms with E-state index in [9.17, 15) is 4.79 Å². The van der Waals surface area contributed by atoms with Gasteiger partial charge in [0.15, 0.2) is 0 Å². The number of carboxylic acids is 1. The molecule has 0 saturated heterocycles. The smallest absolute Gasteiger partial charge is 0.303 e. The van der Waals surface area contributed by atoms with Crippen molar-refractivity contribution in [1.82, 2.24) is 0 Å². The number of hydrogen-bond acceptors (Lipinski definition) is 1. The van der Waals surface area contributed by atoms with Crippen molar-refractivity contribution in [2.75, 3.05) is 0 Å². The van der Waals surface area contributed by atoms with Gasteiger partial charge in [0.2, 0.25) is 0 Å². The van der Waals surface area contributed by atoms with Crippen molar-refractivity contribution in [3.8, 4) is 0 Å². The van der Waals surface area contributed by atoms with Gasteiger partial charge in [-0.3, -0.25) is 4.79 Å². The molecule has 0 aliphatic carbocycles. The third-order valence-electron chi connectivity index (χ3n) is 3.03. The second-order valence-corrected chi connectivity index (χ2v) is 5.02. The first-order chi connectivity index (χ1) is 9.77. The predicted octanol–water partition coefficient (Wildman–Crippen LogP) is 6.30. The molecule has 0 unspecified atom stereocenters. The minimum Gasteiger partial charge on any atom is -0.481 e. The van der Waals surface area contributed by atoms with Crippen molar-refractivity contribution in [3.05, 3.63) is 36.5 Å². The summed E-state index contributed by atoms with van der Waals surface area (Å²) in [4.78, 5) is 10.3. The van der Waals surface area contributed by atoms with E-state index in [1.54, 1.807) is 0 Å². The third-order valence-corrected chi connectivity index (χ3v) is 3.03. The highest BCUT2D eigenvalue weighted by Gasteiger charge is 1.93. The van der Waals surface area contributed by atoms with Crippen LogP contribution >= 0.6 is 0 Å². The number of unbranched alkanes of at least 4 members (excludes halogenated alkanes) is 5. The van der Waals surface area contributed by atoms with E-state index in [-0.39, 0.29) is 7.43 Å². The van der Waals surface area contributed by atoms with Crippen molar-refractivity contribution in [2.24, 2.45) is 0 Å². The van der Waals surface area contributed by atoms with Gasteiger partial charge in [-0.15, -0.1) is 0 Å². The van der Waals surface area contributed by atoms with Gasteiger partial charge in [-0.25, -0.2) is 0 Å². The molecular formula is C19H34O2. The highest BCUT2D eigenvalue weighted by molar-refractivity contribution is 5.66. The Morgan fingerprint density at radius 2 is 1.29 bits per heavy atom. The van der Waals surface area contributed by atoms with Crippen LogP contribution in [-0.2, 0) is 4.79 Å². The van der Waals surface area contributed by atoms with Crippen LogP contribution in [0.25, 0.3) is 0 Å². The Bertz CT molecular complexity index is 301. The van der Waals surface area contributed by atoms with Gasteiger partial charge in [0, 0.05) is 6.42 Å². The lowest BCUT2D eigenvalue weighted by atomic mass is 10.2. The Kier molecular flexibility index (Phi) is 19.6. The molecule has 0 aliphatic heterocycles. The molecule has 2 heteroatoms. The lowest BCUT2D eigenvalue weighted by molar-refractivity contribution is -0.137. The second-order valence-electron chi connectivity index (χ2n) is 5.02. The summed E-state index contributed by atoms with van der Waals surface area (Å²) in [6, 6.07) is 0. The van der Waals surface area contributed by atoms with Gasteiger partial charge in [-0.05, 0) is 44.9 Å². The largest absolute Gasteiger partial charge is 0.481 e. The molecule has 0 aromatic rings. The Hall–Kier alpha value is -1.31. The Balaban J connectivity index is 0. The fraction of sp³-hybridized carbons (Fsp3) is 0.632. The molecule has 0 atom stereocenters. The molecule has 1 N–H and O–H groups in total. The second kappa shape index (κ2) is 18.7. The SMILES string of the molecule is C.CCCCC/C=C\C/C=C\C/C=C\CCCCC(=O)O. The quantitative estimate of drug-likeness (QED) is 0.320. The summed E-state index contributed by atoms with van der Waals surface area (Å²) < 4.78 is 0. The zero-order valence-electron chi connectivity index (χ0n) is 12.9. The van der Waals surface area contributed by atoms with Gasteiger partial charge in [-0.2, -0.15) is 0 Å². The van der Waals surface area contributed by atoms with E-state index < -0.39 is 5.97 Å². The van der Waals surface area contributed by atoms with Gasteiger partial charge in [0.05, 0.1) is 0 Å². The molecule has 0 bridgehead atoms. The van der Waals surface area contributed by atoms with E-state index in [0.717, 1.165) is 32.1 Å². The van der Waals surface area contributed by atoms with E-state index in [0.29, 0.717) is 6.42 Å². The van der Waals surface area contributed by atoms with Gasteiger partial charge in [0.1, 0.15) is 0 Å². The Labute approximate surface area is 131 Å². The van der Waals surface area contributed by atoms with E-state index >= 15 is 0 Å². The molecule has 0 rings (SSSR count). The van der Waals surface area contributed by atoms with E-state index in [1.807, 2.05) is 0 Å². The van der Waals surface area contributed by atoms with Crippen LogP contribution in [0.1, 0.15) is 78.6 Å². The van der Waals surface area contributed by atoms with Crippen LogP contribution in [0.4, 0.5) is 0 Å². The molecule has 0 fully saturated rings. The molecule has 0 aliphatic rings. The molecule has 0 heterocycles. The van der Waals surface area contributed by atoms with Crippen molar-refractivity contribution >= 4 is 5.97 Å². The fourth-order valence-electron chi connectivity index (χ4n) is 1.83. The van der Waals surface area contributed by atoms with E-state index in [2.05, 4.69) is 43.4 Å². The Morgan fingerprint density at radius 3 is 1.76 bits per heavy atom. The summed E-state index contributed by atoms with van der Waals surface area (Å²) >= 11 is 0.